The maximum absolute atomic E-state index is 13.3. The molecule has 1 saturated carbocycles. The summed E-state index contributed by atoms with van der Waals surface area (Å²) in [5, 5.41) is 8.94. The Hall–Kier alpha value is -1.95. The van der Waals surface area contributed by atoms with E-state index in [0.29, 0.717) is 26.2 Å². The second-order valence-corrected chi connectivity index (χ2v) is 6.63. The average Bonchev–Trinajstić information content (AvgIpc) is 3.12. The Kier molecular flexibility index (Phi) is 4.85. The summed E-state index contributed by atoms with van der Waals surface area (Å²) >= 11 is 0. The summed E-state index contributed by atoms with van der Waals surface area (Å²) in [6.45, 7) is 1.36. The van der Waals surface area contributed by atoms with Crippen LogP contribution in [0.4, 0.5) is 4.39 Å². The highest BCUT2D eigenvalue weighted by Gasteiger charge is 2.45. The zero-order valence-electron chi connectivity index (χ0n) is 13.7. The fourth-order valence-electron chi connectivity index (χ4n) is 3.94. The number of aliphatic hydroxyl groups is 1. The van der Waals surface area contributed by atoms with Crippen molar-refractivity contribution < 1.29 is 19.1 Å². The van der Waals surface area contributed by atoms with Gasteiger partial charge in [-0.3, -0.25) is 9.59 Å². The van der Waals surface area contributed by atoms with E-state index in [4.69, 9.17) is 5.11 Å². The quantitative estimate of drug-likeness (QED) is 0.906. The van der Waals surface area contributed by atoms with Gasteiger partial charge in [0.15, 0.2) is 0 Å². The second kappa shape index (κ2) is 6.89. The topological polar surface area (TPSA) is 60.9 Å². The smallest absolute Gasteiger partial charge is 0.248 e. The van der Waals surface area contributed by atoms with Gasteiger partial charge in [0.2, 0.25) is 11.8 Å². The third kappa shape index (κ3) is 3.02. The number of carbonyl (C=O) groups is 2. The molecular weight excluding hydrogens is 311 g/mol. The Labute approximate surface area is 141 Å². The molecule has 0 spiro atoms. The highest BCUT2D eigenvalue weighted by atomic mass is 19.1. The predicted molar refractivity (Wildman–Crippen MR) is 86.8 cm³/mol. The first-order valence-corrected chi connectivity index (χ1v) is 8.51. The molecule has 1 aromatic carbocycles. The van der Waals surface area contributed by atoms with E-state index in [0.717, 1.165) is 31.2 Å². The third-order valence-corrected chi connectivity index (χ3v) is 5.32. The summed E-state index contributed by atoms with van der Waals surface area (Å²) in [6.07, 6.45) is 3.55. The van der Waals surface area contributed by atoms with Gasteiger partial charge in [0.25, 0.3) is 0 Å². The van der Waals surface area contributed by atoms with Crippen molar-refractivity contribution in [3.8, 4) is 0 Å². The SMILES string of the molecule is O=C(CO)N1CCN(C(=O)C2(c3ccc(F)cc3)CCCC2)CC1. The van der Waals surface area contributed by atoms with Crippen LogP contribution in [0.2, 0.25) is 0 Å². The van der Waals surface area contributed by atoms with Crippen LogP contribution in [0.1, 0.15) is 31.2 Å². The molecule has 130 valence electrons. The van der Waals surface area contributed by atoms with Gasteiger partial charge in [-0.25, -0.2) is 4.39 Å². The number of nitrogens with zero attached hydrogens (tertiary/aromatic N) is 2. The highest BCUT2D eigenvalue weighted by Crippen LogP contribution is 2.42. The molecule has 1 heterocycles. The van der Waals surface area contributed by atoms with E-state index in [9.17, 15) is 14.0 Å². The van der Waals surface area contributed by atoms with Crippen molar-refractivity contribution in [2.45, 2.75) is 31.1 Å². The second-order valence-electron chi connectivity index (χ2n) is 6.63. The number of halogens is 1. The lowest BCUT2D eigenvalue weighted by molar-refractivity contribution is -0.144. The largest absolute Gasteiger partial charge is 0.387 e. The number of aliphatic hydroxyl groups excluding tert-OH is 1. The van der Waals surface area contributed by atoms with Crippen LogP contribution >= 0.6 is 0 Å². The Morgan fingerprint density at radius 2 is 1.54 bits per heavy atom. The molecule has 1 N–H and O–H groups in total. The standard InChI is InChI=1S/C18H23FN2O3/c19-15-5-3-14(4-6-15)18(7-1-2-8-18)17(24)21-11-9-20(10-12-21)16(23)13-22/h3-6,22H,1-2,7-13H2. The van der Waals surface area contributed by atoms with Crippen LogP contribution < -0.4 is 0 Å². The van der Waals surface area contributed by atoms with Crippen LogP contribution in [-0.4, -0.2) is 59.5 Å². The lowest BCUT2D eigenvalue weighted by Crippen LogP contribution is -2.55. The Morgan fingerprint density at radius 1 is 1.00 bits per heavy atom. The maximum atomic E-state index is 13.3. The highest BCUT2D eigenvalue weighted by molar-refractivity contribution is 5.89. The van der Waals surface area contributed by atoms with Crippen molar-refractivity contribution >= 4 is 11.8 Å². The molecule has 1 saturated heterocycles. The number of hydrogen-bond donors (Lipinski definition) is 1. The molecule has 2 amide bonds. The molecule has 1 aliphatic heterocycles. The van der Waals surface area contributed by atoms with Gasteiger partial charge in [0.1, 0.15) is 12.4 Å². The molecule has 24 heavy (non-hydrogen) atoms. The monoisotopic (exact) mass is 334 g/mol. The van der Waals surface area contributed by atoms with Gasteiger partial charge in [-0.1, -0.05) is 25.0 Å². The molecule has 0 atom stereocenters. The van der Waals surface area contributed by atoms with E-state index >= 15 is 0 Å². The van der Waals surface area contributed by atoms with E-state index in [1.165, 1.54) is 12.1 Å². The minimum absolute atomic E-state index is 0.0858. The molecule has 6 heteroatoms. The van der Waals surface area contributed by atoms with Crippen molar-refractivity contribution in [2.75, 3.05) is 32.8 Å². The molecule has 0 unspecified atom stereocenters. The van der Waals surface area contributed by atoms with Crippen molar-refractivity contribution in [1.82, 2.24) is 9.80 Å². The molecule has 3 rings (SSSR count). The molecular formula is C18H23FN2O3. The maximum Gasteiger partial charge on any atom is 0.248 e. The molecule has 5 nitrogen and oxygen atoms in total. The molecule has 0 radical (unpaired) electrons. The minimum atomic E-state index is -0.559. The lowest BCUT2D eigenvalue weighted by Gasteiger charge is -2.40. The van der Waals surface area contributed by atoms with Crippen LogP contribution in [0.3, 0.4) is 0 Å². The average molecular weight is 334 g/mol. The van der Waals surface area contributed by atoms with Gasteiger partial charge in [-0.05, 0) is 30.5 Å². The molecule has 2 aliphatic rings. The predicted octanol–water partition coefficient (Wildman–Crippen LogP) is 1.30. The van der Waals surface area contributed by atoms with Gasteiger partial charge in [-0.2, -0.15) is 0 Å². The van der Waals surface area contributed by atoms with Crippen LogP contribution in [-0.2, 0) is 15.0 Å². The number of hydrogen-bond acceptors (Lipinski definition) is 3. The number of rotatable bonds is 3. The lowest BCUT2D eigenvalue weighted by atomic mass is 9.77. The molecule has 0 aromatic heterocycles. The number of piperazine rings is 1. The Balaban J connectivity index is 1.76. The van der Waals surface area contributed by atoms with Crippen molar-refractivity contribution in [3.63, 3.8) is 0 Å². The first-order chi connectivity index (χ1) is 11.6. The van der Waals surface area contributed by atoms with Crippen molar-refractivity contribution in [2.24, 2.45) is 0 Å². The summed E-state index contributed by atoms with van der Waals surface area (Å²) in [6, 6.07) is 6.29. The summed E-state index contributed by atoms with van der Waals surface area (Å²) in [4.78, 5) is 28.2. The van der Waals surface area contributed by atoms with Crippen LogP contribution in [0.5, 0.6) is 0 Å². The van der Waals surface area contributed by atoms with Crippen LogP contribution in [0.25, 0.3) is 0 Å². The van der Waals surface area contributed by atoms with Crippen LogP contribution in [0.15, 0.2) is 24.3 Å². The minimum Gasteiger partial charge on any atom is -0.387 e. The summed E-state index contributed by atoms with van der Waals surface area (Å²) in [5.74, 6) is -0.505. The Morgan fingerprint density at radius 3 is 2.08 bits per heavy atom. The van der Waals surface area contributed by atoms with E-state index < -0.39 is 12.0 Å². The van der Waals surface area contributed by atoms with Gasteiger partial charge in [-0.15, -0.1) is 0 Å². The molecule has 1 aliphatic carbocycles. The number of carbonyl (C=O) groups excluding carboxylic acids is 2. The third-order valence-electron chi connectivity index (χ3n) is 5.32. The van der Waals surface area contributed by atoms with E-state index in [1.807, 2.05) is 4.90 Å². The van der Waals surface area contributed by atoms with Crippen molar-refractivity contribution in [1.29, 1.82) is 0 Å². The summed E-state index contributed by atoms with van der Waals surface area (Å²) < 4.78 is 13.3. The normalized spacial score (nSPS) is 20.2. The summed E-state index contributed by atoms with van der Waals surface area (Å²) in [5.41, 5.74) is 0.330. The van der Waals surface area contributed by atoms with Gasteiger partial charge in [0, 0.05) is 26.2 Å². The fourth-order valence-corrected chi connectivity index (χ4v) is 3.94. The number of amides is 2. The van der Waals surface area contributed by atoms with E-state index in [-0.39, 0.29) is 17.6 Å². The van der Waals surface area contributed by atoms with Gasteiger partial charge >= 0.3 is 0 Å². The first kappa shape index (κ1) is 16.9. The van der Waals surface area contributed by atoms with E-state index in [1.54, 1.807) is 17.0 Å². The zero-order chi connectivity index (χ0) is 17.2. The first-order valence-electron chi connectivity index (χ1n) is 8.51. The molecule has 0 bridgehead atoms. The molecule has 2 fully saturated rings. The van der Waals surface area contributed by atoms with Gasteiger partial charge < -0.3 is 14.9 Å². The molecule has 1 aromatic rings. The number of benzene rings is 1. The van der Waals surface area contributed by atoms with Crippen molar-refractivity contribution in [3.05, 3.63) is 35.6 Å². The Bertz CT molecular complexity index is 603. The zero-order valence-corrected chi connectivity index (χ0v) is 13.7. The van der Waals surface area contributed by atoms with Crippen LogP contribution in [0, 0.1) is 5.82 Å². The summed E-state index contributed by atoms with van der Waals surface area (Å²) in [7, 11) is 0. The fraction of sp³-hybridized carbons (Fsp3) is 0.556. The van der Waals surface area contributed by atoms with Gasteiger partial charge in [0.05, 0.1) is 5.41 Å². The van der Waals surface area contributed by atoms with E-state index in [2.05, 4.69) is 0 Å².